The molecule has 110 valence electrons. The second-order valence-corrected chi connectivity index (χ2v) is 6.61. The zero-order chi connectivity index (χ0) is 14.3. The lowest BCUT2D eigenvalue weighted by atomic mass is 9.99. The molecule has 0 radical (unpaired) electrons. The summed E-state index contributed by atoms with van der Waals surface area (Å²) in [6.45, 7) is 6.22. The van der Waals surface area contributed by atoms with Crippen LogP contribution in [0.15, 0.2) is 12.1 Å². The molecule has 0 spiro atoms. The standard InChI is InChI=1S/C16H24ClN3/c1-11-14-10-20(12-5-7-19(2)8-6-12)16(9-18)13(14)3-4-15(11)17/h3-4,12,16H,5-10,18H2,1-2H3. The third kappa shape index (κ3) is 2.37. The van der Waals surface area contributed by atoms with Gasteiger partial charge in [-0.25, -0.2) is 0 Å². The van der Waals surface area contributed by atoms with Gasteiger partial charge in [-0.05, 0) is 62.7 Å². The molecule has 2 aliphatic rings. The zero-order valence-electron chi connectivity index (χ0n) is 12.4. The van der Waals surface area contributed by atoms with E-state index in [0.29, 0.717) is 18.6 Å². The van der Waals surface area contributed by atoms with Crippen molar-refractivity contribution in [3.05, 3.63) is 33.8 Å². The fraction of sp³-hybridized carbons (Fsp3) is 0.625. The summed E-state index contributed by atoms with van der Waals surface area (Å²) in [5.41, 5.74) is 10.1. The number of rotatable bonds is 2. The van der Waals surface area contributed by atoms with Gasteiger partial charge >= 0.3 is 0 Å². The van der Waals surface area contributed by atoms with Crippen molar-refractivity contribution < 1.29 is 0 Å². The Labute approximate surface area is 126 Å². The van der Waals surface area contributed by atoms with E-state index in [9.17, 15) is 0 Å². The molecule has 0 aromatic heterocycles. The SMILES string of the molecule is Cc1c(Cl)ccc2c1CN(C1CCN(C)CC1)C2CN. The number of halogens is 1. The van der Waals surface area contributed by atoms with Crippen LogP contribution in [0.2, 0.25) is 5.02 Å². The van der Waals surface area contributed by atoms with Crippen molar-refractivity contribution in [2.75, 3.05) is 26.7 Å². The summed E-state index contributed by atoms with van der Waals surface area (Å²) in [5.74, 6) is 0. The van der Waals surface area contributed by atoms with Crippen molar-refractivity contribution in [3.63, 3.8) is 0 Å². The molecule has 0 aliphatic carbocycles. The fourth-order valence-electron chi connectivity index (χ4n) is 3.72. The molecule has 1 saturated heterocycles. The van der Waals surface area contributed by atoms with Crippen molar-refractivity contribution in [1.82, 2.24) is 9.80 Å². The van der Waals surface area contributed by atoms with Crippen LogP contribution in [0.25, 0.3) is 0 Å². The van der Waals surface area contributed by atoms with Crippen LogP contribution in [-0.4, -0.2) is 42.5 Å². The first-order valence-electron chi connectivity index (χ1n) is 7.54. The normalized spacial score (nSPS) is 25.1. The zero-order valence-corrected chi connectivity index (χ0v) is 13.2. The minimum atomic E-state index is 0.370. The second kappa shape index (κ2) is 5.64. The summed E-state index contributed by atoms with van der Waals surface area (Å²) in [4.78, 5) is 5.03. The molecule has 0 amide bonds. The molecule has 2 aliphatic heterocycles. The molecule has 1 atom stereocenters. The van der Waals surface area contributed by atoms with E-state index in [1.54, 1.807) is 0 Å². The van der Waals surface area contributed by atoms with E-state index < -0.39 is 0 Å². The number of hydrogen-bond acceptors (Lipinski definition) is 3. The topological polar surface area (TPSA) is 32.5 Å². The Hall–Kier alpha value is -0.610. The Bertz CT molecular complexity index is 495. The Morgan fingerprint density at radius 2 is 2.00 bits per heavy atom. The van der Waals surface area contributed by atoms with Gasteiger partial charge in [0.25, 0.3) is 0 Å². The van der Waals surface area contributed by atoms with Gasteiger partial charge in [0.15, 0.2) is 0 Å². The largest absolute Gasteiger partial charge is 0.329 e. The van der Waals surface area contributed by atoms with Crippen LogP contribution in [0.4, 0.5) is 0 Å². The van der Waals surface area contributed by atoms with E-state index in [4.69, 9.17) is 17.3 Å². The number of fused-ring (bicyclic) bond motifs is 1. The average molecular weight is 294 g/mol. The van der Waals surface area contributed by atoms with E-state index in [2.05, 4.69) is 29.8 Å². The molecule has 1 aromatic rings. The van der Waals surface area contributed by atoms with Gasteiger partial charge in [0.1, 0.15) is 0 Å². The summed E-state index contributed by atoms with van der Waals surface area (Å²) in [6, 6.07) is 5.23. The van der Waals surface area contributed by atoms with Crippen LogP contribution in [0.1, 0.15) is 35.6 Å². The van der Waals surface area contributed by atoms with Crippen LogP contribution in [0, 0.1) is 6.92 Å². The molecule has 20 heavy (non-hydrogen) atoms. The van der Waals surface area contributed by atoms with Crippen molar-refractivity contribution >= 4 is 11.6 Å². The highest BCUT2D eigenvalue weighted by Gasteiger charge is 2.36. The predicted octanol–water partition coefficient (Wildman–Crippen LogP) is 2.56. The van der Waals surface area contributed by atoms with Gasteiger partial charge in [0, 0.05) is 30.2 Å². The third-order valence-corrected chi connectivity index (χ3v) is 5.46. The van der Waals surface area contributed by atoms with Crippen LogP contribution in [-0.2, 0) is 6.54 Å². The smallest absolute Gasteiger partial charge is 0.0480 e. The molecule has 1 fully saturated rings. The lowest BCUT2D eigenvalue weighted by molar-refractivity contribution is 0.0908. The highest BCUT2D eigenvalue weighted by Crippen LogP contribution is 2.40. The molecule has 1 unspecified atom stereocenters. The molecule has 4 heteroatoms. The summed E-state index contributed by atoms with van der Waals surface area (Å²) in [7, 11) is 2.21. The Morgan fingerprint density at radius 1 is 1.30 bits per heavy atom. The van der Waals surface area contributed by atoms with Gasteiger partial charge in [-0.1, -0.05) is 17.7 Å². The minimum Gasteiger partial charge on any atom is -0.329 e. The van der Waals surface area contributed by atoms with Crippen LogP contribution >= 0.6 is 11.6 Å². The van der Waals surface area contributed by atoms with Crippen molar-refractivity contribution in [2.45, 2.75) is 38.4 Å². The van der Waals surface area contributed by atoms with E-state index in [1.165, 1.54) is 42.6 Å². The summed E-state index contributed by atoms with van der Waals surface area (Å²) >= 11 is 6.28. The van der Waals surface area contributed by atoms with Gasteiger partial charge in [0.05, 0.1) is 0 Å². The molecule has 3 rings (SSSR count). The highest BCUT2D eigenvalue weighted by molar-refractivity contribution is 6.31. The van der Waals surface area contributed by atoms with Crippen molar-refractivity contribution in [3.8, 4) is 0 Å². The predicted molar refractivity (Wildman–Crippen MR) is 84.0 cm³/mol. The molecule has 0 saturated carbocycles. The summed E-state index contributed by atoms with van der Waals surface area (Å²) in [6.07, 6.45) is 2.49. The summed E-state index contributed by atoms with van der Waals surface area (Å²) < 4.78 is 0. The van der Waals surface area contributed by atoms with Crippen LogP contribution in [0.5, 0.6) is 0 Å². The average Bonchev–Trinajstić information content (AvgIpc) is 2.83. The first kappa shape index (κ1) is 14.3. The maximum atomic E-state index is 6.28. The number of hydrogen-bond donors (Lipinski definition) is 1. The van der Waals surface area contributed by atoms with E-state index in [-0.39, 0.29) is 0 Å². The molecule has 2 heterocycles. The molecule has 3 nitrogen and oxygen atoms in total. The lowest BCUT2D eigenvalue weighted by Gasteiger charge is -2.38. The van der Waals surface area contributed by atoms with Gasteiger partial charge in [-0.3, -0.25) is 4.90 Å². The molecular formula is C16H24ClN3. The maximum Gasteiger partial charge on any atom is 0.0480 e. The number of likely N-dealkylation sites (tertiary alicyclic amines) is 1. The first-order chi connectivity index (χ1) is 9.61. The van der Waals surface area contributed by atoms with E-state index in [0.717, 1.165) is 11.6 Å². The quantitative estimate of drug-likeness (QED) is 0.910. The number of nitrogens with zero attached hydrogens (tertiary/aromatic N) is 2. The molecule has 2 N–H and O–H groups in total. The summed E-state index contributed by atoms with van der Waals surface area (Å²) in [5, 5.41) is 0.879. The van der Waals surface area contributed by atoms with Gasteiger partial charge < -0.3 is 10.6 Å². The fourth-order valence-corrected chi connectivity index (χ4v) is 3.89. The number of piperidine rings is 1. The van der Waals surface area contributed by atoms with E-state index >= 15 is 0 Å². The minimum absolute atomic E-state index is 0.370. The molecule has 0 bridgehead atoms. The van der Waals surface area contributed by atoms with Gasteiger partial charge in [-0.2, -0.15) is 0 Å². The molecular weight excluding hydrogens is 270 g/mol. The van der Waals surface area contributed by atoms with Gasteiger partial charge in [-0.15, -0.1) is 0 Å². The van der Waals surface area contributed by atoms with Crippen LogP contribution < -0.4 is 5.73 Å². The van der Waals surface area contributed by atoms with Crippen molar-refractivity contribution in [1.29, 1.82) is 0 Å². The number of nitrogens with two attached hydrogens (primary N) is 1. The maximum absolute atomic E-state index is 6.28. The van der Waals surface area contributed by atoms with Crippen LogP contribution in [0.3, 0.4) is 0 Å². The second-order valence-electron chi connectivity index (χ2n) is 6.20. The van der Waals surface area contributed by atoms with Gasteiger partial charge in [0.2, 0.25) is 0 Å². The first-order valence-corrected chi connectivity index (χ1v) is 7.92. The Kier molecular flexibility index (Phi) is 4.04. The molecule has 1 aromatic carbocycles. The van der Waals surface area contributed by atoms with Crippen molar-refractivity contribution in [2.24, 2.45) is 5.73 Å². The third-order valence-electron chi connectivity index (χ3n) is 5.05. The lowest BCUT2D eigenvalue weighted by Crippen LogP contribution is -2.44. The highest BCUT2D eigenvalue weighted by atomic mass is 35.5. The number of benzene rings is 1. The monoisotopic (exact) mass is 293 g/mol. The Balaban J connectivity index is 1.86. The Morgan fingerprint density at radius 3 is 2.65 bits per heavy atom. The van der Waals surface area contributed by atoms with E-state index in [1.807, 2.05) is 6.07 Å².